The molecule has 0 spiro atoms. The number of carbonyl (C=O) groups is 3. The molecule has 2 rings (SSSR count). The predicted molar refractivity (Wildman–Crippen MR) is 83.4 cm³/mol. The van der Waals surface area contributed by atoms with Gasteiger partial charge in [0.25, 0.3) is 5.91 Å². The highest BCUT2D eigenvalue weighted by atomic mass is 19.1. The third-order valence-corrected chi connectivity index (χ3v) is 3.98. The molecule has 1 aromatic rings. The Bertz CT molecular complexity index is 578. The van der Waals surface area contributed by atoms with Gasteiger partial charge in [-0.1, -0.05) is 0 Å². The molecule has 124 valence electrons. The molecule has 1 aromatic carbocycles. The first-order valence-corrected chi connectivity index (χ1v) is 7.79. The number of ketones is 1. The summed E-state index contributed by atoms with van der Waals surface area (Å²) in [6.45, 7) is 2.63. The number of benzene rings is 1. The van der Waals surface area contributed by atoms with Gasteiger partial charge in [0, 0.05) is 37.5 Å². The molecule has 1 aliphatic rings. The molecule has 0 unspecified atom stereocenters. The average molecular weight is 320 g/mol. The molecule has 1 heterocycles. The lowest BCUT2D eigenvalue weighted by Gasteiger charge is -2.32. The Morgan fingerprint density at radius 3 is 2.30 bits per heavy atom. The van der Waals surface area contributed by atoms with Crippen LogP contribution in [0.15, 0.2) is 24.3 Å². The lowest BCUT2D eigenvalue weighted by Crippen LogP contribution is -2.46. The zero-order chi connectivity index (χ0) is 16.8. The maximum atomic E-state index is 12.8. The maximum Gasteiger partial charge on any atom is 0.251 e. The highest BCUT2D eigenvalue weighted by Gasteiger charge is 2.24. The monoisotopic (exact) mass is 320 g/mol. The first-order chi connectivity index (χ1) is 11.0. The molecule has 0 atom stereocenters. The standard InChI is InChI=1S/C17H21FN2O3/c1-12(21)2-7-16(22)20-10-8-15(9-11-20)19-17(23)13-3-5-14(18)6-4-13/h3-6,15H,2,7-11H2,1H3,(H,19,23). The van der Waals surface area contributed by atoms with E-state index >= 15 is 0 Å². The predicted octanol–water partition coefficient (Wildman–Crippen LogP) is 1.92. The second-order valence-corrected chi connectivity index (χ2v) is 5.84. The number of likely N-dealkylation sites (tertiary alicyclic amines) is 1. The van der Waals surface area contributed by atoms with E-state index in [4.69, 9.17) is 0 Å². The lowest BCUT2D eigenvalue weighted by atomic mass is 10.0. The van der Waals surface area contributed by atoms with Crippen LogP contribution in [0.2, 0.25) is 0 Å². The molecule has 1 N–H and O–H groups in total. The topological polar surface area (TPSA) is 66.5 Å². The SMILES string of the molecule is CC(=O)CCC(=O)N1CCC(NC(=O)c2ccc(F)cc2)CC1. The van der Waals surface area contributed by atoms with Crippen molar-refractivity contribution in [1.82, 2.24) is 10.2 Å². The molecule has 23 heavy (non-hydrogen) atoms. The summed E-state index contributed by atoms with van der Waals surface area (Å²) in [7, 11) is 0. The highest BCUT2D eigenvalue weighted by molar-refractivity contribution is 5.94. The van der Waals surface area contributed by atoms with Crippen molar-refractivity contribution < 1.29 is 18.8 Å². The molecule has 0 radical (unpaired) electrons. The van der Waals surface area contributed by atoms with Gasteiger partial charge in [0.1, 0.15) is 11.6 Å². The van der Waals surface area contributed by atoms with Gasteiger partial charge < -0.3 is 15.0 Å². The molecule has 0 saturated carbocycles. The van der Waals surface area contributed by atoms with Crippen LogP contribution in [0.4, 0.5) is 4.39 Å². The Labute approximate surface area is 134 Å². The van der Waals surface area contributed by atoms with Crippen LogP contribution in [0.25, 0.3) is 0 Å². The normalized spacial score (nSPS) is 15.3. The molecule has 5 nitrogen and oxygen atoms in total. The Morgan fingerprint density at radius 1 is 1.13 bits per heavy atom. The molecule has 1 aliphatic heterocycles. The van der Waals surface area contributed by atoms with Crippen molar-refractivity contribution in [3.05, 3.63) is 35.6 Å². The van der Waals surface area contributed by atoms with Gasteiger partial charge in [-0.3, -0.25) is 9.59 Å². The van der Waals surface area contributed by atoms with Crippen LogP contribution in [0.3, 0.4) is 0 Å². The highest BCUT2D eigenvalue weighted by Crippen LogP contribution is 2.13. The molecular formula is C17H21FN2O3. The van der Waals surface area contributed by atoms with E-state index in [-0.39, 0.29) is 42.3 Å². The molecule has 1 fully saturated rings. The largest absolute Gasteiger partial charge is 0.349 e. The molecule has 0 bridgehead atoms. The molecular weight excluding hydrogens is 299 g/mol. The fraction of sp³-hybridized carbons (Fsp3) is 0.471. The van der Waals surface area contributed by atoms with Crippen LogP contribution >= 0.6 is 0 Å². The van der Waals surface area contributed by atoms with Crippen molar-refractivity contribution in [2.75, 3.05) is 13.1 Å². The third kappa shape index (κ3) is 5.16. The summed E-state index contributed by atoms with van der Waals surface area (Å²) < 4.78 is 12.8. The minimum atomic E-state index is -0.376. The summed E-state index contributed by atoms with van der Waals surface area (Å²) in [5, 5.41) is 2.91. The van der Waals surface area contributed by atoms with Crippen LogP contribution in [-0.4, -0.2) is 41.6 Å². The Hall–Kier alpha value is -2.24. The third-order valence-electron chi connectivity index (χ3n) is 3.98. The van der Waals surface area contributed by atoms with Crippen LogP contribution in [0, 0.1) is 5.82 Å². The summed E-state index contributed by atoms with van der Waals surface area (Å²) in [4.78, 5) is 36.7. The van der Waals surface area contributed by atoms with Crippen molar-refractivity contribution in [3.63, 3.8) is 0 Å². The Morgan fingerprint density at radius 2 is 1.74 bits per heavy atom. The number of carbonyl (C=O) groups excluding carboxylic acids is 3. The zero-order valence-corrected chi connectivity index (χ0v) is 13.2. The number of amides is 2. The molecule has 0 aromatic heterocycles. The second kappa shape index (κ2) is 7.85. The van der Waals surface area contributed by atoms with E-state index in [1.165, 1.54) is 31.2 Å². The summed E-state index contributed by atoms with van der Waals surface area (Å²) in [5.74, 6) is -0.603. The second-order valence-electron chi connectivity index (χ2n) is 5.84. The first kappa shape index (κ1) is 17.1. The summed E-state index contributed by atoms with van der Waals surface area (Å²) in [6, 6.07) is 5.41. The van der Waals surface area contributed by atoms with Crippen molar-refractivity contribution in [3.8, 4) is 0 Å². The Balaban J connectivity index is 1.78. The number of piperidine rings is 1. The number of halogens is 1. The van der Waals surface area contributed by atoms with Gasteiger partial charge in [0.05, 0.1) is 0 Å². The number of hydrogen-bond donors (Lipinski definition) is 1. The van der Waals surface area contributed by atoms with Gasteiger partial charge >= 0.3 is 0 Å². The molecule has 6 heteroatoms. The number of Topliss-reactive ketones (excluding diaryl/α,β-unsaturated/α-hetero) is 1. The van der Waals surface area contributed by atoms with E-state index in [0.717, 1.165) is 0 Å². The summed E-state index contributed by atoms with van der Waals surface area (Å²) >= 11 is 0. The van der Waals surface area contributed by atoms with E-state index in [0.29, 0.717) is 31.5 Å². The Kier molecular flexibility index (Phi) is 5.84. The van der Waals surface area contributed by atoms with E-state index in [9.17, 15) is 18.8 Å². The fourth-order valence-corrected chi connectivity index (χ4v) is 2.58. The van der Waals surface area contributed by atoms with Crippen LogP contribution < -0.4 is 5.32 Å². The van der Waals surface area contributed by atoms with Crippen LogP contribution in [0.5, 0.6) is 0 Å². The van der Waals surface area contributed by atoms with Crippen LogP contribution in [0.1, 0.15) is 43.0 Å². The lowest BCUT2D eigenvalue weighted by molar-refractivity contribution is -0.133. The number of nitrogens with zero attached hydrogens (tertiary/aromatic N) is 1. The fourth-order valence-electron chi connectivity index (χ4n) is 2.58. The van der Waals surface area contributed by atoms with E-state index in [2.05, 4.69) is 5.32 Å². The number of rotatable bonds is 5. The van der Waals surface area contributed by atoms with Crippen LogP contribution in [-0.2, 0) is 9.59 Å². The van der Waals surface area contributed by atoms with Gasteiger partial charge in [-0.05, 0) is 44.0 Å². The first-order valence-electron chi connectivity index (χ1n) is 7.79. The smallest absolute Gasteiger partial charge is 0.251 e. The van der Waals surface area contributed by atoms with Gasteiger partial charge in [0.2, 0.25) is 5.91 Å². The molecule has 2 amide bonds. The van der Waals surface area contributed by atoms with Crippen molar-refractivity contribution >= 4 is 17.6 Å². The van der Waals surface area contributed by atoms with Gasteiger partial charge in [-0.15, -0.1) is 0 Å². The zero-order valence-electron chi connectivity index (χ0n) is 13.2. The maximum absolute atomic E-state index is 12.8. The van der Waals surface area contributed by atoms with Gasteiger partial charge in [0.15, 0.2) is 0 Å². The van der Waals surface area contributed by atoms with Crippen molar-refractivity contribution in [2.24, 2.45) is 0 Å². The quantitative estimate of drug-likeness (QED) is 0.901. The van der Waals surface area contributed by atoms with Gasteiger partial charge in [-0.25, -0.2) is 4.39 Å². The average Bonchev–Trinajstić information content (AvgIpc) is 2.54. The molecule has 1 saturated heterocycles. The van der Waals surface area contributed by atoms with Crippen molar-refractivity contribution in [1.29, 1.82) is 0 Å². The minimum Gasteiger partial charge on any atom is -0.349 e. The summed E-state index contributed by atoms with van der Waals surface area (Å²) in [5.41, 5.74) is 0.423. The summed E-state index contributed by atoms with van der Waals surface area (Å²) in [6.07, 6.45) is 1.89. The van der Waals surface area contributed by atoms with E-state index < -0.39 is 0 Å². The van der Waals surface area contributed by atoms with Crippen molar-refractivity contribution in [2.45, 2.75) is 38.6 Å². The van der Waals surface area contributed by atoms with Gasteiger partial charge in [-0.2, -0.15) is 0 Å². The van der Waals surface area contributed by atoms with E-state index in [1.54, 1.807) is 4.90 Å². The number of nitrogens with one attached hydrogen (secondary N) is 1. The minimum absolute atomic E-state index is 0.00408. The molecule has 0 aliphatic carbocycles. The number of hydrogen-bond acceptors (Lipinski definition) is 3. The van der Waals surface area contributed by atoms with E-state index in [1.807, 2.05) is 0 Å².